The summed E-state index contributed by atoms with van der Waals surface area (Å²) in [5.41, 5.74) is 10.0. The number of aliphatic hydroxyl groups excluding tert-OH is 1. The fourth-order valence-electron chi connectivity index (χ4n) is 4.57. The number of nitrogens with one attached hydrogen (secondary N) is 2. The molecule has 1 aliphatic carbocycles. The second-order valence-electron chi connectivity index (χ2n) is 10.2. The molecule has 1 heterocycles. The van der Waals surface area contributed by atoms with E-state index in [4.69, 9.17) is 5.73 Å². The first kappa shape index (κ1) is 30.9. The largest absolute Gasteiger partial charge is 0.395 e. The highest BCUT2D eigenvalue weighted by molar-refractivity contribution is 7.12. The van der Waals surface area contributed by atoms with Crippen LogP contribution >= 0.6 is 11.3 Å². The highest BCUT2D eigenvalue weighted by atomic mass is 32.1. The van der Waals surface area contributed by atoms with Crippen molar-refractivity contribution in [3.63, 3.8) is 0 Å². The van der Waals surface area contributed by atoms with Crippen LogP contribution < -0.4 is 21.3 Å². The van der Waals surface area contributed by atoms with Crippen molar-refractivity contribution in [2.24, 2.45) is 15.7 Å². The van der Waals surface area contributed by atoms with Crippen molar-refractivity contribution < 1.29 is 19.1 Å². The van der Waals surface area contributed by atoms with Crippen molar-refractivity contribution in [3.8, 4) is 0 Å². The van der Waals surface area contributed by atoms with E-state index in [2.05, 4.69) is 20.6 Å². The molecule has 0 spiro atoms. The number of benzene rings is 2. The number of amides is 2. The Labute approximate surface area is 249 Å². The van der Waals surface area contributed by atoms with Crippen molar-refractivity contribution in [2.45, 2.75) is 52.8 Å². The van der Waals surface area contributed by atoms with Crippen molar-refractivity contribution in [1.82, 2.24) is 0 Å². The second-order valence-corrected chi connectivity index (χ2v) is 11.1. The summed E-state index contributed by atoms with van der Waals surface area (Å²) in [7, 11) is 0. The summed E-state index contributed by atoms with van der Waals surface area (Å²) in [5.74, 6) is -0.146. The maximum atomic E-state index is 13.9. The molecule has 0 bridgehead atoms. The van der Waals surface area contributed by atoms with Gasteiger partial charge < -0.3 is 26.4 Å². The Balaban J connectivity index is 1.50. The van der Waals surface area contributed by atoms with Gasteiger partial charge in [0.2, 0.25) is 0 Å². The number of nitrogens with zero attached hydrogens (tertiary/aromatic N) is 3. The van der Waals surface area contributed by atoms with Crippen LogP contribution in [0.4, 0.5) is 21.5 Å². The van der Waals surface area contributed by atoms with Crippen molar-refractivity contribution in [3.05, 3.63) is 74.5 Å². The standard InChI is InChI=1S/C31H37FN6O3S/c1-4-11-38(12-13-39)27-10-6-21(14-22(27)16-32)30(40)36-24-7-5-19(2)26(15-24)37-31(41)25-17-42-28(20(25)3)29(34-18-33)35-23-8-9-23/h5-7,10,14-15,17-18,23,39H,4,8-9,11-13,16H2,1-3H3,(H,36,40)(H,37,41)(H2,33,34,35). The van der Waals surface area contributed by atoms with Gasteiger partial charge >= 0.3 is 0 Å². The molecule has 0 aliphatic heterocycles. The van der Waals surface area contributed by atoms with E-state index in [-0.39, 0.29) is 18.6 Å². The fourth-order valence-corrected chi connectivity index (χ4v) is 5.59. The molecule has 222 valence electrons. The van der Waals surface area contributed by atoms with Crippen LogP contribution in [0.3, 0.4) is 0 Å². The van der Waals surface area contributed by atoms with E-state index in [9.17, 15) is 19.1 Å². The third kappa shape index (κ3) is 7.40. The molecule has 1 saturated carbocycles. The number of aryl methyl sites for hydroxylation is 1. The molecule has 2 amide bonds. The minimum atomic E-state index is -0.737. The first-order chi connectivity index (χ1) is 20.3. The van der Waals surface area contributed by atoms with E-state index < -0.39 is 12.6 Å². The topological polar surface area (TPSA) is 132 Å². The summed E-state index contributed by atoms with van der Waals surface area (Å²) in [6.07, 6.45) is 4.11. The number of nitrogens with two attached hydrogens (primary N) is 1. The van der Waals surface area contributed by atoms with E-state index in [0.29, 0.717) is 52.7 Å². The Morgan fingerprint density at radius 1 is 1.14 bits per heavy atom. The van der Waals surface area contributed by atoms with Crippen LogP contribution in [0.5, 0.6) is 0 Å². The van der Waals surface area contributed by atoms with Crippen LogP contribution in [-0.2, 0) is 6.67 Å². The van der Waals surface area contributed by atoms with Gasteiger partial charge in [0.15, 0.2) is 5.84 Å². The van der Waals surface area contributed by atoms with Crippen LogP contribution in [0.1, 0.15) is 68.5 Å². The highest BCUT2D eigenvalue weighted by Gasteiger charge is 2.24. The normalized spacial score (nSPS) is 13.4. The molecule has 0 radical (unpaired) electrons. The Hall–Kier alpha value is -4.09. The Kier molecular flexibility index (Phi) is 10.4. The molecule has 4 rings (SSSR count). The maximum absolute atomic E-state index is 13.9. The Morgan fingerprint density at radius 3 is 2.60 bits per heavy atom. The van der Waals surface area contributed by atoms with E-state index in [0.717, 1.165) is 35.3 Å². The molecule has 2 aromatic carbocycles. The number of carbonyl (C=O) groups excluding carboxylic acids is 2. The predicted molar refractivity (Wildman–Crippen MR) is 169 cm³/mol. The Morgan fingerprint density at radius 2 is 1.93 bits per heavy atom. The third-order valence-electron chi connectivity index (χ3n) is 6.97. The molecule has 42 heavy (non-hydrogen) atoms. The summed E-state index contributed by atoms with van der Waals surface area (Å²) in [4.78, 5) is 37.9. The van der Waals surface area contributed by atoms with E-state index >= 15 is 0 Å². The van der Waals surface area contributed by atoms with Gasteiger partial charge in [0.05, 0.1) is 29.4 Å². The summed E-state index contributed by atoms with van der Waals surface area (Å²) < 4.78 is 13.9. The van der Waals surface area contributed by atoms with Crippen LogP contribution in [0.15, 0.2) is 51.8 Å². The first-order valence-electron chi connectivity index (χ1n) is 14.0. The number of aliphatic hydroxyl groups is 1. The predicted octanol–water partition coefficient (Wildman–Crippen LogP) is 5.44. The molecule has 11 heteroatoms. The van der Waals surface area contributed by atoms with Gasteiger partial charge in [-0.1, -0.05) is 13.0 Å². The molecule has 0 saturated heterocycles. The molecule has 0 unspecified atom stereocenters. The average molecular weight is 593 g/mol. The summed E-state index contributed by atoms with van der Waals surface area (Å²) in [5, 5.41) is 17.0. The lowest BCUT2D eigenvalue weighted by Crippen LogP contribution is -2.28. The zero-order valence-corrected chi connectivity index (χ0v) is 24.9. The number of alkyl halides is 1. The molecule has 3 aromatic rings. The number of aliphatic imine (C=N–C) groups is 2. The molecular weight excluding hydrogens is 555 g/mol. The van der Waals surface area contributed by atoms with Gasteiger partial charge in [0, 0.05) is 46.7 Å². The number of rotatable bonds is 12. The second kappa shape index (κ2) is 14.2. The van der Waals surface area contributed by atoms with Gasteiger partial charge in [-0.2, -0.15) is 0 Å². The number of amidine groups is 1. The number of halogens is 1. The molecular formula is C31H37FN6O3S. The molecule has 0 atom stereocenters. The van der Waals surface area contributed by atoms with E-state index in [1.807, 2.05) is 25.7 Å². The summed E-state index contributed by atoms with van der Waals surface area (Å²) in [6.45, 7) is 6.00. The number of thiophene rings is 1. The van der Waals surface area contributed by atoms with Crippen LogP contribution in [0, 0.1) is 13.8 Å². The molecule has 9 nitrogen and oxygen atoms in total. The van der Waals surface area contributed by atoms with Gasteiger partial charge in [0.1, 0.15) is 6.67 Å². The third-order valence-corrected chi connectivity index (χ3v) is 8.05. The van der Waals surface area contributed by atoms with Crippen LogP contribution in [0.25, 0.3) is 0 Å². The SMILES string of the molecule is CCCN(CCO)c1ccc(C(=O)Nc2ccc(C)c(NC(=O)c3csc(C(N=CN)=NC4CC4)c3C)c2)cc1CF. The minimum Gasteiger partial charge on any atom is -0.395 e. The first-order valence-corrected chi connectivity index (χ1v) is 14.9. The van der Waals surface area contributed by atoms with Crippen LogP contribution in [0.2, 0.25) is 0 Å². The summed E-state index contributed by atoms with van der Waals surface area (Å²) >= 11 is 1.40. The molecule has 1 fully saturated rings. The van der Waals surface area contributed by atoms with Gasteiger partial charge in [-0.3, -0.25) is 14.6 Å². The molecule has 1 aromatic heterocycles. The Bertz CT molecular complexity index is 1490. The maximum Gasteiger partial charge on any atom is 0.256 e. The summed E-state index contributed by atoms with van der Waals surface area (Å²) in [6, 6.07) is 10.4. The zero-order valence-electron chi connectivity index (χ0n) is 24.1. The number of anilines is 3. The van der Waals surface area contributed by atoms with Gasteiger partial charge in [-0.05, 0) is 74.6 Å². The number of carbonyl (C=O) groups is 2. The van der Waals surface area contributed by atoms with E-state index in [1.54, 1.807) is 35.7 Å². The monoisotopic (exact) mass is 592 g/mol. The van der Waals surface area contributed by atoms with Crippen molar-refractivity contribution >= 4 is 52.4 Å². The quantitative estimate of drug-likeness (QED) is 0.164. The van der Waals surface area contributed by atoms with Gasteiger partial charge in [0.25, 0.3) is 11.8 Å². The average Bonchev–Trinajstić information content (AvgIpc) is 3.72. The van der Waals surface area contributed by atoms with E-state index in [1.165, 1.54) is 23.7 Å². The van der Waals surface area contributed by atoms with Gasteiger partial charge in [-0.15, -0.1) is 11.3 Å². The zero-order chi connectivity index (χ0) is 30.2. The number of hydrogen-bond donors (Lipinski definition) is 4. The van der Waals surface area contributed by atoms with Crippen LogP contribution in [-0.4, -0.2) is 54.8 Å². The molecule has 5 N–H and O–H groups in total. The van der Waals surface area contributed by atoms with Crippen molar-refractivity contribution in [1.29, 1.82) is 0 Å². The fraction of sp³-hybridized carbons (Fsp3) is 0.355. The lowest BCUT2D eigenvalue weighted by atomic mass is 10.1. The smallest absolute Gasteiger partial charge is 0.256 e. The highest BCUT2D eigenvalue weighted by Crippen LogP contribution is 2.30. The van der Waals surface area contributed by atoms with Gasteiger partial charge in [-0.25, -0.2) is 9.38 Å². The lowest BCUT2D eigenvalue weighted by Gasteiger charge is -2.25. The van der Waals surface area contributed by atoms with Crippen molar-refractivity contribution in [2.75, 3.05) is 35.2 Å². The minimum absolute atomic E-state index is 0.0497. The lowest BCUT2D eigenvalue weighted by molar-refractivity contribution is 0.101. The molecule has 1 aliphatic rings. The number of hydrogen-bond acceptors (Lipinski definition) is 6.